The number of aryl methyl sites for hydroxylation is 1. The van der Waals surface area contributed by atoms with Crippen molar-refractivity contribution in [1.82, 2.24) is 0 Å². The molecule has 3 N–H and O–H groups in total. The van der Waals surface area contributed by atoms with Gasteiger partial charge in [-0.1, -0.05) is 85.8 Å². The molecule has 0 fully saturated rings. The first-order chi connectivity index (χ1) is 13.9. The molecule has 160 valence electrons. The van der Waals surface area contributed by atoms with Gasteiger partial charge in [-0.15, -0.1) is 0 Å². The summed E-state index contributed by atoms with van der Waals surface area (Å²) in [4.78, 5) is 0. The zero-order valence-electron chi connectivity index (χ0n) is 17.0. The maximum absolute atomic E-state index is 10.4. The van der Waals surface area contributed by atoms with Crippen LogP contribution >= 0.6 is 23.2 Å². The van der Waals surface area contributed by atoms with E-state index in [-0.39, 0.29) is 0 Å². The predicted octanol–water partition coefficient (Wildman–Crippen LogP) is 5.89. The van der Waals surface area contributed by atoms with E-state index in [0.717, 1.165) is 43.2 Å². The van der Waals surface area contributed by atoms with Crippen molar-refractivity contribution in [1.29, 1.82) is 0 Å². The average Bonchev–Trinajstić information content (AvgIpc) is 2.71. The molecule has 2 aromatic rings. The van der Waals surface area contributed by atoms with Crippen LogP contribution in [0.5, 0.6) is 0 Å². The van der Waals surface area contributed by atoms with Gasteiger partial charge >= 0.3 is 0 Å². The van der Waals surface area contributed by atoms with Crippen LogP contribution in [-0.4, -0.2) is 27.5 Å². The summed E-state index contributed by atoms with van der Waals surface area (Å²) in [5.41, 5.74) is 2.52. The van der Waals surface area contributed by atoms with Gasteiger partial charge in [0.2, 0.25) is 0 Å². The molecule has 2 rings (SSSR count). The molecule has 0 amide bonds. The molecule has 0 saturated carbocycles. The van der Waals surface area contributed by atoms with Crippen LogP contribution in [0, 0.1) is 0 Å². The highest BCUT2D eigenvalue weighted by molar-refractivity contribution is 6.32. The number of aliphatic hydroxyl groups is 3. The molecule has 0 aliphatic carbocycles. The second-order valence-corrected chi connectivity index (χ2v) is 8.46. The predicted molar refractivity (Wildman–Crippen MR) is 121 cm³/mol. The standard InChI is InChI=1S/C24H32Cl2O3/c1-2-3-15-22(28)24(29)20-13-8-11-17(23(20)26)9-4-6-12-19(27)16-18-10-5-7-14-21(18)25/h5,7-8,10-11,13-14,19,22,24,27-29H,2-4,6,9,12,15-16H2,1H3/t19-,22+,24+/m0/s1. The molecular weight excluding hydrogens is 407 g/mol. The van der Waals surface area contributed by atoms with Crippen molar-refractivity contribution in [2.75, 3.05) is 0 Å². The van der Waals surface area contributed by atoms with Crippen LogP contribution in [0.1, 0.15) is 68.2 Å². The van der Waals surface area contributed by atoms with Crippen molar-refractivity contribution >= 4 is 23.2 Å². The van der Waals surface area contributed by atoms with E-state index >= 15 is 0 Å². The third-order valence-corrected chi connectivity index (χ3v) is 6.12. The molecule has 0 unspecified atom stereocenters. The lowest BCUT2D eigenvalue weighted by Crippen LogP contribution is -2.18. The minimum absolute atomic E-state index is 0.424. The van der Waals surface area contributed by atoms with Crippen molar-refractivity contribution in [2.45, 2.75) is 76.6 Å². The smallest absolute Gasteiger partial charge is 0.106 e. The first-order valence-electron chi connectivity index (χ1n) is 10.5. The minimum atomic E-state index is -0.966. The van der Waals surface area contributed by atoms with Gasteiger partial charge in [0.15, 0.2) is 0 Å². The summed E-state index contributed by atoms with van der Waals surface area (Å²) in [6, 6.07) is 13.2. The quantitative estimate of drug-likeness (QED) is 0.361. The van der Waals surface area contributed by atoms with Gasteiger partial charge in [-0.05, 0) is 49.3 Å². The molecule has 3 nitrogen and oxygen atoms in total. The van der Waals surface area contributed by atoms with E-state index in [1.165, 1.54) is 0 Å². The lowest BCUT2D eigenvalue weighted by molar-refractivity contribution is 0.0123. The Hall–Kier alpha value is -1.10. The molecule has 0 spiro atoms. The third kappa shape index (κ3) is 7.58. The number of rotatable bonds is 12. The monoisotopic (exact) mass is 438 g/mol. The Kier molecular flexibility index (Phi) is 10.5. The molecule has 3 atom stereocenters. The van der Waals surface area contributed by atoms with E-state index in [2.05, 4.69) is 6.92 Å². The van der Waals surface area contributed by atoms with Crippen LogP contribution in [0.4, 0.5) is 0 Å². The Labute approximate surface area is 184 Å². The summed E-state index contributed by atoms with van der Waals surface area (Å²) < 4.78 is 0. The number of benzene rings is 2. The molecule has 5 heteroatoms. The Bertz CT molecular complexity index is 751. The average molecular weight is 439 g/mol. The zero-order chi connectivity index (χ0) is 21.2. The van der Waals surface area contributed by atoms with Crippen molar-refractivity contribution in [3.8, 4) is 0 Å². The van der Waals surface area contributed by atoms with Crippen molar-refractivity contribution in [3.05, 3.63) is 69.2 Å². The molecule has 0 radical (unpaired) electrons. The van der Waals surface area contributed by atoms with E-state index in [0.29, 0.717) is 34.9 Å². The lowest BCUT2D eigenvalue weighted by atomic mass is 9.96. The molecule has 0 aliphatic heterocycles. The van der Waals surface area contributed by atoms with Crippen molar-refractivity contribution in [3.63, 3.8) is 0 Å². The van der Waals surface area contributed by atoms with Gasteiger partial charge in [0, 0.05) is 15.6 Å². The number of halogens is 2. The first kappa shape index (κ1) is 24.2. The number of unbranched alkanes of at least 4 members (excludes halogenated alkanes) is 2. The van der Waals surface area contributed by atoms with E-state index in [1.54, 1.807) is 6.07 Å². The van der Waals surface area contributed by atoms with Crippen LogP contribution in [0.3, 0.4) is 0 Å². The molecule has 0 heterocycles. The van der Waals surface area contributed by atoms with E-state index < -0.39 is 18.3 Å². The summed E-state index contributed by atoms with van der Waals surface area (Å²) in [6.45, 7) is 2.05. The summed E-state index contributed by atoms with van der Waals surface area (Å²) in [5, 5.41) is 32.1. The molecule has 29 heavy (non-hydrogen) atoms. The topological polar surface area (TPSA) is 60.7 Å². The van der Waals surface area contributed by atoms with Crippen LogP contribution in [0.25, 0.3) is 0 Å². The highest BCUT2D eigenvalue weighted by Gasteiger charge is 2.21. The van der Waals surface area contributed by atoms with Gasteiger partial charge in [-0.2, -0.15) is 0 Å². The Morgan fingerprint density at radius 2 is 1.55 bits per heavy atom. The molecule has 0 saturated heterocycles. The summed E-state index contributed by atoms with van der Waals surface area (Å²) in [7, 11) is 0. The number of aliphatic hydroxyl groups excluding tert-OH is 3. The summed E-state index contributed by atoms with van der Waals surface area (Å²) >= 11 is 12.7. The van der Waals surface area contributed by atoms with Gasteiger partial charge in [-0.3, -0.25) is 0 Å². The van der Waals surface area contributed by atoms with Gasteiger partial charge in [0.1, 0.15) is 6.10 Å². The summed E-state index contributed by atoms with van der Waals surface area (Å²) in [6.07, 6.45) is 3.97. The lowest BCUT2D eigenvalue weighted by Gasteiger charge is -2.20. The zero-order valence-corrected chi connectivity index (χ0v) is 18.5. The van der Waals surface area contributed by atoms with Crippen LogP contribution in [0.2, 0.25) is 10.0 Å². The molecule has 0 bridgehead atoms. The number of hydrogen-bond acceptors (Lipinski definition) is 3. The highest BCUT2D eigenvalue weighted by atomic mass is 35.5. The van der Waals surface area contributed by atoms with E-state index in [1.807, 2.05) is 36.4 Å². The van der Waals surface area contributed by atoms with E-state index in [4.69, 9.17) is 23.2 Å². The Balaban J connectivity index is 1.84. The van der Waals surface area contributed by atoms with Gasteiger partial charge in [-0.25, -0.2) is 0 Å². The number of hydrogen-bond donors (Lipinski definition) is 3. The molecular formula is C24H32Cl2O3. The fraction of sp³-hybridized carbons (Fsp3) is 0.500. The third-order valence-electron chi connectivity index (χ3n) is 5.29. The minimum Gasteiger partial charge on any atom is -0.393 e. The van der Waals surface area contributed by atoms with Crippen LogP contribution in [-0.2, 0) is 12.8 Å². The first-order valence-corrected chi connectivity index (χ1v) is 11.2. The van der Waals surface area contributed by atoms with Gasteiger partial charge in [0.25, 0.3) is 0 Å². The van der Waals surface area contributed by atoms with Gasteiger partial charge < -0.3 is 15.3 Å². The maximum Gasteiger partial charge on any atom is 0.106 e. The van der Waals surface area contributed by atoms with E-state index in [9.17, 15) is 15.3 Å². The second-order valence-electron chi connectivity index (χ2n) is 7.67. The summed E-state index contributed by atoms with van der Waals surface area (Å²) in [5.74, 6) is 0. The largest absolute Gasteiger partial charge is 0.393 e. The van der Waals surface area contributed by atoms with Crippen LogP contribution < -0.4 is 0 Å². The normalized spacial score (nSPS) is 14.6. The fourth-order valence-electron chi connectivity index (χ4n) is 3.51. The molecule has 0 aliphatic rings. The van der Waals surface area contributed by atoms with Crippen molar-refractivity contribution < 1.29 is 15.3 Å². The van der Waals surface area contributed by atoms with Gasteiger partial charge in [0.05, 0.1) is 12.2 Å². The Morgan fingerprint density at radius 1 is 0.828 bits per heavy atom. The molecule has 2 aromatic carbocycles. The second kappa shape index (κ2) is 12.6. The maximum atomic E-state index is 10.4. The Morgan fingerprint density at radius 3 is 2.28 bits per heavy atom. The fourth-order valence-corrected chi connectivity index (χ4v) is 4.06. The highest BCUT2D eigenvalue weighted by Crippen LogP contribution is 2.31. The van der Waals surface area contributed by atoms with Crippen molar-refractivity contribution in [2.24, 2.45) is 0 Å². The van der Waals surface area contributed by atoms with Crippen LogP contribution in [0.15, 0.2) is 42.5 Å². The SMILES string of the molecule is CCCC[C@@H](O)[C@H](O)c1cccc(CCCC[C@H](O)Cc2ccccc2Cl)c1Cl. The molecule has 0 aromatic heterocycles.